The maximum absolute atomic E-state index is 6.06. The van der Waals surface area contributed by atoms with Gasteiger partial charge in [-0.05, 0) is 68.7 Å². The van der Waals surface area contributed by atoms with Crippen molar-refractivity contribution in [2.45, 2.75) is 52.0 Å². The Morgan fingerprint density at radius 3 is 2.46 bits per heavy atom. The van der Waals surface area contributed by atoms with Crippen LogP contribution >= 0.6 is 0 Å². The van der Waals surface area contributed by atoms with E-state index in [4.69, 9.17) is 4.42 Å². The Labute approximate surface area is 143 Å². The van der Waals surface area contributed by atoms with Crippen molar-refractivity contribution in [3.05, 3.63) is 42.0 Å². The summed E-state index contributed by atoms with van der Waals surface area (Å²) in [5.74, 6) is 0. The Morgan fingerprint density at radius 2 is 1.67 bits per heavy atom. The maximum Gasteiger partial charge on any atom is 0.135 e. The number of piperidine rings is 2. The number of furan rings is 1. The van der Waals surface area contributed by atoms with E-state index in [1.165, 1.54) is 54.3 Å². The second kappa shape index (κ2) is 4.56. The van der Waals surface area contributed by atoms with Gasteiger partial charge in [0.25, 0.3) is 0 Å². The van der Waals surface area contributed by atoms with Gasteiger partial charge < -0.3 is 9.32 Å². The topological polar surface area (TPSA) is 16.4 Å². The Kier molecular flexibility index (Phi) is 2.73. The van der Waals surface area contributed by atoms with Gasteiger partial charge in [0.15, 0.2) is 0 Å². The number of para-hydroxylation sites is 1. The average Bonchev–Trinajstić information content (AvgIpc) is 2.92. The standard InChI is InChI=1S/C22H25NO/c1-15-12-20-17(16-6-4-5-7-19(16)24-20)13-18(15)23-14-21(2)8-10-22(23,3)11-9-21/h4-7,12-13H,8-11,14H2,1-3H3. The molecule has 2 aromatic carbocycles. The number of rotatable bonds is 1. The molecule has 0 radical (unpaired) electrons. The maximum atomic E-state index is 6.06. The van der Waals surface area contributed by atoms with Crippen molar-refractivity contribution in [3.63, 3.8) is 0 Å². The zero-order valence-electron chi connectivity index (χ0n) is 14.9. The average molecular weight is 319 g/mol. The Morgan fingerprint density at radius 1 is 0.917 bits per heavy atom. The lowest BCUT2D eigenvalue weighted by atomic mass is 9.63. The molecule has 2 bridgehead atoms. The zero-order valence-corrected chi connectivity index (χ0v) is 14.9. The summed E-state index contributed by atoms with van der Waals surface area (Å²) in [7, 11) is 0. The minimum atomic E-state index is 0.315. The van der Waals surface area contributed by atoms with Crippen LogP contribution in [0.1, 0.15) is 45.1 Å². The van der Waals surface area contributed by atoms with Crippen LogP contribution in [0.5, 0.6) is 0 Å². The first-order valence-electron chi connectivity index (χ1n) is 9.17. The number of nitrogens with zero attached hydrogens (tertiary/aromatic N) is 1. The van der Waals surface area contributed by atoms with Crippen molar-refractivity contribution >= 4 is 27.6 Å². The fourth-order valence-corrected chi connectivity index (χ4v) is 4.92. The summed E-state index contributed by atoms with van der Waals surface area (Å²) in [6, 6.07) is 13.0. The monoisotopic (exact) mass is 319 g/mol. The highest BCUT2D eigenvalue weighted by Crippen LogP contribution is 2.52. The van der Waals surface area contributed by atoms with Crippen LogP contribution in [0.3, 0.4) is 0 Å². The van der Waals surface area contributed by atoms with Gasteiger partial charge in [0.05, 0.1) is 0 Å². The largest absolute Gasteiger partial charge is 0.456 e. The van der Waals surface area contributed by atoms with E-state index in [1.807, 2.05) is 6.07 Å². The molecule has 124 valence electrons. The molecule has 3 aliphatic rings. The highest BCUT2D eigenvalue weighted by molar-refractivity contribution is 6.06. The Balaban J connectivity index is 1.72. The van der Waals surface area contributed by atoms with Gasteiger partial charge in [0.1, 0.15) is 11.2 Å². The molecule has 3 aromatic rings. The summed E-state index contributed by atoms with van der Waals surface area (Å²) < 4.78 is 6.06. The van der Waals surface area contributed by atoms with E-state index in [-0.39, 0.29) is 0 Å². The van der Waals surface area contributed by atoms with Gasteiger partial charge in [0, 0.05) is 28.5 Å². The first-order chi connectivity index (χ1) is 11.5. The van der Waals surface area contributed by atoms with Crippen molar-refractivity contribution in [1.29, 1.82) is 0 Å². The van der Waals surface area contributed by atoms with Gasteiger partial charge in [0.2, 0.25) is 0 Å². The van der Waals surface area contributed by atoms with Crippen LogP contribution in [-0.4, -0.2) is 12.1 Å². The summed E-state index contributed by atoms with van der Waals surface area (Å²) in [6.45, 7) is 8.35. The second-order valence-electron chi connectivity index (χ2n) is 8.63. The quantitative estimate of drug-likeness (QED) is 0.542. The van der Waals surface area contributed by atoms with Gasteiger partial charge in [-0.2, -0.15) is 0 Å². The summed E-state index contributed by atoms with van der Waals surface area (Å²) in [5.41, 5.74) is 5.53. The third-order valence-electron chi connectivity index (χ3n) is 6.71. The van der Waals surface area contributed by atoms with Gasteiger partial charge in [-0.1, -0.05) is 25.1 Å². The number of benzene rings is 2. The minimum absolute atomic E-state index is 0.315. The number of aryl methyl sites for hydroxylation is 1. The molecule has 2 nitrogen and oxygen atoms in total. The molecule has 0 unspecified atom stereocenters. The van der Waals surface area contributed by atoms with Crippen molar-refractivity contribution in [2.75, 3.05) is 11.4 Å². The molecule has 0 amide bonds. The lowest BCUT2D eigenvalue weighted by Gasteiger charge is -2.59. The van der Waals surface area contributed by atoms with Crippen LogP contribution in [-0.2, 0) is 0 Å². The Bertz CT molecular complexity index is 943. The molecule has 3 heterocycles. The van der Waals surface area contributed by atoms with Crippen LogP contribution in [0.2, 0.25) is 0 Å². The second-order valence-corrected chi connectivity index (χ2v) is 8.63. The third kappa shape index (κ3) is 1.89. The molecule has 0 atom stereocenters. The summed E-state index contributed by atoms with van der Waals surface area (Å²) in [5, 5.41) is 2.48. The van der Waals surface area contributed by atoms with Gasteiger partial charge in [-0.3, -0.25) is 0 Å². The molecule has 2 saturated heterocycles. The molecule has 2 heteroatoms. The summed E-state index contributed by atoms with van der Waals surface area (Å²) >= 11 is 0. The fourth-order valence-electron chi connectivity index (χ4n) is 4.92. The van der Waals surface area contributed by atoms with E-state index in [2.05, 4.69) is 56.0 Å². The molecular weight excluding hydrogens is 294 g/mol. The molecule has 24 heavy (non-hydrogen) atoms. The first-order valence-corrected chi connectivity index (χ1v) is 9.17. The Hall–Kier alpha value is -1.96. The molecule has 0 N–H and O–H groups in total. The van der Waals surface area contributed by atoms with Crippen molar-refractivity contribution in [2.24, 2.45) is 5.41 Å². The molecule has 1 aromatic heterocycles. The lowest BCUT2D eigenvalue weighted by molar-refractivity contribution is 0.0928. The van der Waals surface area contributed by atoms with Crippen LogP contribution < -0.4 is 4.90 Å². The number of fused-ring (bicyclic) bond motifs is 6. The molecule has 6 rings (SSSR count). The highest BCUT2D eigenvalue weighted by atomic mass is 16.3. The van der Waals surface area contributed by atoms with E-state index in [0.717, 1.165) is 11.2 Å². The van der Waals surface area contributed by atoms with Gasteiger partial charge in [-0.15, -0.1) is 0 Å². The number of anilines is 1. The third-order valence-corrected chi connectivity index (χ3v) is 6.71. The predicted molar refractivity (Wildman–Crippen MR) is 101 cm³/mol. The first kappa shape index (κ1) is 14.4. The van der Waals surface area contributed by atoms with Crippen LogP contribution in [0.4, 0.5) is 5.69 Å². The van der Waals surface area contributed by atoms with E-state index < -0.39 is 0 Å². The summed E-state index contributed by atoms with van der Waals surface area (Å²) in [4.78, 5) is 2.70. The predicted octanol–water partition coefficient (Wildman–Crippen LogP) is 6.05. The number of hydrogen-bond donors (Lipinski definition) is 0. The minimum Gasteiger partial charge on any atom is -0.456 e. The molecule has 2 aliphatic heterocycles. The smallest absolute Gasteiger partial charge is 0.135 e. The molecule has 1 aliphatic carbocycles. The van der Waals surface area contributed by atoms with Gasteiger partial charge >= 0.3 is 0 Å². The van der Waals surface area contributed by atoms with E-state index in [9.17, 15) is 0 Å². The van der Waals surface area contributed by atoms with Crippen LogP contribution in [0, 0.1) is 12.3 Å². The lowest BCUT2D eigenvalue weighted by Crippen LogP contribution is -2.60. The van der Waals surface area contributed by atoms with Crippen molar-refractivity contribution in [1.82, 2.24) is 0 Å². The van der Waals surface area contributed by atoms with Crippen molar-refractivity contribution in [3.8, 4) is 0 Å². The summed E-state index contributed by atoms with van der Waals surface area (Å²) in [6.07, 6.45) is 5.37. The molecule has 3 fully saturated rings. The SMILES string of the molecule is Cc1cc2oc3ccccc3c2cc1N1CC2(C)CCC1(C)CC2. The van der Waals surface area contributed by atoms with E-state index >= 15 is 0 Å². The van der Waals surface area contributed by atoms with Crippen LogP contribution in [0.25, 0.3) is 21.9 Å². The molecule has 1 saturated carbocycles. The molecular formula is C22H25NO. The normalized spacial score (nSPS) is 29.7. The zero-order chi connectivity index (χ0) is 16.5. The van der Waals surface area contributed by atoms with Crippen LogP contribution in [0.15, 0.2) is 40.8 Å². The van der Waals surface area contributed by atoms with Crippen molar-refractivity contribution < 1.29 is 4.42 Å². The number of hydrogen-bond acceptors (Lipinski definition) is 2. The van der Waals surface area contributed by atoms with E-state index in [0.29, 0.717) is 11.0 Å². The van der Waals surface area contributed by atoms with Gasteiger partial charge in [-0.25, -0.2) is 0 Å². The molecule has 0 spiro atoms. The van der Waals surface area contributed by atoms with E-state index in [1.54, 1.807) is 0 Å². The highest BCUT2D eigenvalue weighted by Gasteiger charge is 2.48. The fraction of sp³-hybridized carbons (Fsp3) is 0.455.